The van der Waals surface area contributed by atoms with Gasteiger partial charge in [-0.15, -0.1) is 0 Å². The SMILES string of the molecule is CCCCCCCCC(CCCCCC)C(=O)OCCCCCC(=O)OCC(CN(C)CCCCO)OC(O)CCCCCOC(=O)[C@@H](CCCCCC)CCCCCCCC. The van der Waals surface area contributed by atoms with E-state index in [2.05, 4.69) is 32.6 Å². The number of unbranched alkanes of at least 4 members (excludes halogenated alkanes) is 21. The summed E-state index contributed by atoms with van der Waals surface area (Å²) in [6, 6.07) is 0. The van der Waals surface area contributed by atoms with Crippen molar-refractivity contribution in [2.24, 2.45) is 11.8 Å². The first-order valence-corrected chi connectivity index (χ1v) is 26.3. The summed E-state index contributed by atoms with van der Waals surface area (Å²) in [6.45, 7) is 11.1. The van der Waals surface area contributed by atoms with Crippen molar-refractivity contribution in [2.45, 2.75) is 258 Å². The molecule has 0 aromatic heterocycles. The summed E-state index contributed by atoms with van der Waals surface area (Å²) in [5.41, 5.74) is 0. The van der Waals surface area contributed by atoms with Crippen molar-refractivity contribution in [1.29, 1.82) is 0 Å². The van der Waals surface area contributed by atoms with Crippen molar-refractivity contribution in [1.82, 2.24) is 4.90 Å². The second kappa shape index (κ2) is 45.8. The van der Waals surface area contributed by atoms with Gasteiger partial charge in [0.05, 0.1) is 25.0 Å². The molecular formula is C52H101NO9. The molecule has 0 aliphatic carbocycles. The third-order valence-corrected chi connectivity index (χ3v) is 12.1. The maximum Gasteiger partial charge on any atom is 0.308 e. The summed E-state index contributed by atoms with van der Waals surface area (Å²) in [7, 11) is 1.96. The van der Waals surface area contributed by atoms with Crippen LogP contribution in [0.15, 0.2) is 0 Å². The normalized spacial score (nSPS) is 13.5. The molecule has 10 heteroatoms. The van der Waals surface area contributed by atoms with Crippen LogP contribution in [-0.2, 0) is 33.3 Å². The molecule has 0 spiro atoms. The van der Waals surface area contributed by atoms with Gasteiger partial charge in [-0.2, -0.15) is 0 Å². The Balaban J connectivity index is 4.69. The number of nitrogens with zero attached hydrogens (tertiary/aromatic N) is 1. The van der Waals surface area contributed by atoms with Gasteiger partial charge in [-0.25, -0.2) is 0 Å². The molecule has 0 aliphatic rings. The number of likely N-dealkylation sites (N-methyl/N-ethyl adjacent to an activating group) is 1. The van der Waals surface area contributed by atoms with E-state index in [1.54, 1.807) is 0 Å². The number of aliphatic hydroxyl groups is 2. The Hall–Kier alpha value is -1.75. The first-order chi connectivity index (χ1) is 30.2. The molecule has 0 saturated carbocycles. The quantitative estimate of drug-likeness (QED) is 0.0263. The number of carbonyl (C=O) groups excluding carboxylic acids is 3. The zero-order valence-corrected chi connectivity index (χ0v) is 41.3. The first kappa shape index (κ1) is 60.2. The van der Waals surface area contributed by atoms with Gasteiger partial charge in [-0.3, -0.25) is 14.4 Å². The standard InChI is InChI=1S/C52H101NO9/c1-6-10-14-18-20-26-36-46(34-24-16-12-8-3)51(57)59-42-32-22-28-38-49(55)61-45-48(44-53(5)40-30-31-41-54)62-50(56)39-29-23-33-43-60-52(58)47(35-25-17-13-9-4)37-27-21-19-15-11-7-2/h46-48,50,54,56H,6-45H2,1-5H3/t46?,47-,48?,50?/m0/s1. The summed E-state index contributed by atoms with van der Waals surface area (Å²) >= 11 is 0. The highest BCUT2D eigenvalue weighted by molar-refractivity contribution is 5.72. The van der Waals surface area contributed by atoms with E-state index in [4.69, 9.17) is 18.9 Å². The molecule has 0 bridgehead atoms. The highest BCUT2D eigenvalue weighted by atomic mass is 16.6. The second-order valence-electron chi connectivity index (χ2n) is 18.3. The van der Waals surface area contributed by atoms with Gasteiger partial charge in [-0.05, 0) is 97.1 Å². The number of hydrogen-bond acceptors (Lipinski definition) is 10. The molecule has 368 valence electrons. The molecule has 2 N–H and O–H groups in total. The summed E-state index contributed by atoms with van der Waals surface area (Å²) < 4.78 is 23.1. The van der Waals surface area contributed by atoms with Crippen LogP contribution in [0.3, 0.4) is 0 Å². The third-order valence-electron chi connectivity index (χ3n) is 12.1. The molecular weight excluding hydrogens is 783 g/mol. The fraction of sp³-hybridized carbons (Fsp3) is 0.942. The Morgan fingerprint density at radius 2 is 0.887 bits per heavy atom. The van der Waals surface area contributed by atoms with Gasteiger partial charge < -0.3 is 34.1 Å². The zero-order chi connectivity index (χ0) is 45.7. The summed E-state index contributed by atoms with van der Waals surface area (Å²) in [5.74, 6) is -0.409. The predicted octanol–water partition coefficient (Wildman–Crippen LogP) is 12.8. The van der Waals surface area contributed by atoms with Gasteiger partial charge in [0.2, 0.25) is 0 Å². The fourth-order valence-corrected chi connectivity index (χ4v) is 8.08. The molecule has 0 aliphatic heterocycles. The largest absolute Gasteiger partial charge is 0.465 e. The van der Waals surface area contributed by atoms with Gasteiger partial charge in [0.15, 0.2) is 6.29 Å². The first-order valence-electron chi connectivity index (χ1n) is 26.3. The molecule has 0 aromatic rings. The Morgan fingerprint density at radius 1 is 0.484 bits per heavy atom. The lowest BCUT2D eigenvalue weighted by Gasteiger charge is -2.26. The average Bonchev–Trinajstić information content (AvgIpc) is 3.26. The molecule has 0 heterocycles. The summed E-state index contributed by atoms with van der Waals surface area (Å²) in [5, 5.41) is 20.0. The molecule has 0 rings (SSSR count). The lowest BCUT2D eigenvalue weighted by Crippen LogP contribution is -2.38. The minimum absolute atomic E-state index is 0.000169. The fourth-order valence-electron chi connectivity index (χ4n) is 8.08. The van der Waals surface area contributed by atoms with Crippen LogP contribution in [0.4, 0.5) is 0 Å². The van der Waals surface area contributed by atoms with Crippen LogP contribution < -0.4 is 0 Å². The van der Waals surface area contributed by atoms with Crippen LogP contribution in [-0.4, -0.2) is 92.0 Å². The smallest absolute Gasteiger partial charge is 0.308 e. The second-order valence-corrected chi connectivity index (χ2v) is 18.3. The molecule has 10 nitrogen and oxygen atoms in total. The van der Waals surface area contributed by atoms with Crippen molar-refractivity contribution in [2.75, 3.05) is 46.6 Å². The van der Waals surface area contributed by atoms with E-state index in [0.717, 1.165) is 96.4 Å². The molecule has 62 heavy (non-hydrogen) atoms. The monoisotopic (exact) mass is 884 g/mol. The number of ether oxygens (including phenoxy) is 4. The van der Waals surface area contributed by atoms with Crippen LogP contribution in [0, 0.1) is 11.8 Å². The van der Waals surface area contributed by atoms with E-state index >= 15 is 0 Å². The number of aliphatic hydroxyl groups excluding tert-OH is 2. The molecule has 0 amide bonds. The Kier molecular flexibility index (Phi) is 44.5. The number of hydrogen-bond donors (Lipinski definition) is 2. The maximum atomic E-state index is 13.0. The average molecular weight is 884 g/mol. The predicted molar refractivity (Wildman–Crippen MR) is 255 cm³/mol. The minimum atomic E-state index is -0.999. The van der Waals surface area contributed by atoms with Gasteiger partial charge in [0.1, 0.15) is 12.7 Å². The van der Waals surface area contributed by atoms with E-state index in [9.17, 15) is 24.6 Å². The Labute approximate surface area is 382 Å². The van der Waals surface area contributed by atoms with Crippen LogP contribution in [0.5, 0.6) is 0 Å². The topological polar surface area (TPSA) is 132 Å². The van der Waals surface area contributed by atoms with Crippen molar-refractivity contribution in [3.8, 4) is 0 Å². The molecule has 0 radical (unpaired) electrons. The van der Waals surface area contributed by atoms with Crippen molar-refractivity contribution in [3.63, 3.8) is 0 Å². The van der Waals surface area contributed by atoms with Gasteiger partial charge in [-0.1, -0.05) is 156 Å². The van der Waals surface area contributed by atoms with Crippen LogP contribution in [0.25, 0.3) is 0 Å². The molecule has 0 saturated heterocycles. The number of rotatable bonds is 48. The van der Waals surface area contributed by atoms with Gasteiger partial charge in [0.25, 0.3) is 0 Å². The Bertz CT molecular complexity index is 997. The van der Waals surface area contributed by atoms with E-state index in [1.165, 1.54) is 103 Å². The molecule has 0 aromatic carbocycles. The van der Waals surface area contributed by atoms with Crippen molar-refractivity contribution < 1.29 is 43.5 Å². The van der Waals surface area contributed by atoms with Crippen LogP contribution >= 0.6 is 0 Å². The van der Waals surface area contributed by atoms with E-state index < -0.39 is 12.4 Å². The van der Waals surface area contributed by atoms with Crippen LogP contribution in [0.2, 0.25) is 0 Å². The van der Waals surface area contributed by atoms with Crippen molar-refractivity contribution >= 4 is 17.9 Å². The van der Waals surface area contributed by atoms with Crippen LogP contribution in [0.1, 0.15) is 246 Å². The number of esters is 3. The lowest BCUT2D eigenvalue weighted by molar-refractivity contribution is -0.171. The highest BCUT2D eigenvalue weighted by Gasteiger charge is 2.22. The zero-order valence-electron chi connectivity index (χ0n) is 41.3. The van der Waals surface area contributed by atoms with E-state index in [1.807, 2.05) is 7.05 Å². The Morgan fingerprint density at radius 3 is 1.35 bits per heavy atom. The van der Waals surface area contributed by atoms with Crippen molar-refractivity contribution in [3.05, 3.63) is 0 Å². The van der Waals surface area contributed by atoms with E-state index in [0.29, 0.717) is 39.0 Å². The minimum Gasteiger partial charge on any atom is -0.465 e. The third kappa shape index (κ3) is 38.7. The van der Waals surface area contributed by atoms with Gasteiger partial charge >= 0.3 is 17.9 Å². The lowest BCUT2D eigenvalue weighted by atomic mass is 9.94. The highest BCUT2D eigenvalue weighted by Crippen LogP contribution is 2.22. The summed E-state index contributed by atoms with van der Waals surface area (Å²) in [6.07, 6.45) is 32.8. The molecule has 0 fully saturated rings. The number of carbonyl (C=O) groups is 3. The van der Waals surface area contributed by atoms with Gasteiger partial charge in [0, 0.05) is 19.6 Å². The van der Waals surface area contributed by atoms with E-state index in [-0.39, 0.29) is 49.4 Å². The maximum absolute atomic E-state index is 13.0. The molecule has 3 unspecified atom stereocenters. The molecule has 4 atom stereocenters. The summed E-state index contributed by atoms with van der Waals surface area (Å²) in [4.78, 5) is 40.8.